The number of nitrogens with zero attached hydrogens (tertiary/aromatic N) is 3. The molecule has 2 N–H and O–H groups in total. The van der Waals surface area contributed by atoms with Gasteiger partial charge in [0.1, 0.15) is 5.82 Å². The fourth-order valence-corrected chi connectivity index (χ4v) is 3.13. The fourth-order valence-electron chi connectivity index (χ4n) is 3.13. The molecule has 0 bridgehead atoms. The second kappa shape index (κ2) is 8.95. The molecule has 1 amide bonds. The highest BCUT2D eigenvalue weighted by atomic mass is 35.5. The van der Waals surface area contributed by atoms with Crippen molar-refractivity contribution in [3.63, 3.8) is 0 Å². The standard InChI is InChI=1S/C20H20FN5O.ClH/c21-16-4-1-3-14(9-16)19-6-5-15(11-23-19)20(27)24-12-17-10-18-13-22-7-2-8-26(18)25-17;/h1,3-6,9-11,22H,2,7-8,12-13H2,(H,24,27);1H. The Morgan fingerprint density at radius 2 is 2.14 bits per heavy atom. The van der Waals surface area contributed by atoms with Gasteiger partial charge in [-0.15, -0.1) is 12.4 Å². The van der Waals surface area contributed by atoms with Crippen LogP contribution in [0.25, 0.3) is 11.3 Å². The fraction of sp³-hybridized carbons (Fsp3) is 0.250. The molecule has 3 aromatic rings. The van der Waals surface area contributed by atoms with Crippen molar-refractivity contribution >= 4 is 18.3 Å². The second-order valence-electron chi connectivity index (χ2n) is 6.51. The zero-order valence-corrected chi connectivity index (χ0v) is 16.0. The number of nitrogens with one attached hydrogen (secondary N) is 2. The van der Waals surface area contributed by atoms with Crippen LogP contribution in [0.4, 0.5) is 4.39 Å². The number of hydrogen-bond acceptors (Lipinski definition) is 4. The van der Waals surface area contributed by atoms with Crippen LogP contribution >= 0.6 is 12.4 Å². The normalized spacial score (nSPS) is 13.2. The van der Waals surface area contributed by atoms with Gasteiger partial charge in [0.15, 0.2) is 0 Å². The van der Waals surface area contributed by atoms with E-state index in [0.29, 0.717) is 23.4 Å². The van der Waals surface area contributed by atoms with Gasteiger partial charge < -0.3 is 10.6 Å². The molecule has 0 aliphatic carbocycles. The number of halogens is 2. The molecule has 6 nitrogen and oxygen atoms in total. The van der Waals surface area contributed by atoms with E-state index in [0.717, 1.165) is 37.4 Å². The molecule has 28 heavy (non-hydrogen) atoms. The van der Waals surface area contributed by atoms with Gasteiger partial charge in [0, 0.05) is 24.8 Å². The maximum atomic E-state index is 13.3. The number of hydrogen-bond donors (Lipinski definition) is 2. The minimum atomic E-state index is -0.315. The Kier molecular flexibility index (Phi) is 6.38. The SMILES string of the molecule is Cl.O=C(NCc1cc2n(n1)CCCNC2)c1ccc(-c2cccc(F)c2)nc1. The average Bonchev–Trinajstić information content (AvgIpc) is 2.95. The molecule has 0 fully saturated rings. The van der Waals surface area contributed by atoms with E-state index in [2.05, 4.69) is 20.7 Å². The highest BCUT2D eigenvalue weighted by molar-refractivity contribution is 5.94. The quantitative estimate of drug-likeness (QED) is 0.705. The first-order valence-corrected chi connectivity index (χ1v) is 8.95. The topological polar surface area (TPSA) is 71.8 Å². The van der Waals surface area contributed by atoms with Crippen molar-refractivity contribution in [2.75, 3.05) is 6.54 Å². The van der Waals surface area contributed by atoms with Crippen LogP contribution < -0.4 is 10.6 Å². The third-order valence-corrected chi connectivity index (χ3v) is 4.52. The molecule has 2 aromatic heterocycles. The number of pyridine rings is 1. The molecule has 1 aromatic carbocycles. The molecule has 1 aliphatic heterocycles. The molecule has 0 unspecified atom stereocenters. The van der Waals surface area contributed by atoms with E-state index >= 15 is 0 Å². The zero-order valence-electron chi connectivity index (χ0n) is 15.2. The maximum Gasteiger partial charge on any atom is 0.253 e. The molecule has 146 valence electrons. The summed E-state index contributed by atoms with van der Waals surface area (Å²) in [6.07, 6.45) is 2.55. The lowest BCUT2D eigenvalue weighted by Gasteiger charge is -2.05. The highest BCUT2D eigenvalue weighted by Gasteiger charge is 2.12. The lowest BCUT2D eigenvalue weighted by Crippen LogP contribution is -2.23. The van der Waals surface area contributed by atoms with E-state index < -0.39 is 0 Å². The van der Waals surface area contributed by atoms with Crippen molar-refractivity contribution in [3.8, 4) is 11.3 Å². The van der Waals surface area contributed by atoms with E-state index in [9.17, 15) is 9.18 Å². The van der Waals surface area contributed by atoms with Gasteiger partial charge in [0.05, 0.1) is 29.2 Å². The van der Waals surface area contributed by atoms with Crippen LogP contribution in [-0.4, -0.2) is 27.2 Å². The summed E-state index contributed by atoms with van der Waals surface area (Å²) >= 11 is 0. The highest BCUT2D eigenvalue weighted by Crippen LogP contribution is 2.18. The predicted molar refractivity (Wildman–Crippen MR) is 107 cm³/mol. The molecule has 0 saturated carbocycles. The summed E-state index contributed by atoms with van der Waals surface area (Å²) in [5.41, 5.74) is 3.73. The molecule has 0 spiro atoms. The minimum absolute atomic E-state index is 0. The van der Waals surface area contributed by atoms with Crippen molar-refractivity contribution in [1.82, 2.24) is 25.4 Å². The summed E-state index contributed by atoms with van der Waals surface area (Å²) < 4.78 is 15.3. The number of carbonyl (C=O) groups is 1. The Balaban J connectivity index is 0.00000225. The molecule has 4 rings (SSSR count). The summed E-state index contributed by atoms with van der Waals surface area (Å²) in [4.78, 5) is 16.6. The lowest BCUT2D eigenvalue weighted by atomic mass is 10.1. The van der Waals surface area contributed by atoms with Gasteiger partial charge in [-0.25, -0.2) is 4.39 Å². The Bertz CT molecular complexity index is 934. The lowest BCUT2D eigenvalue weighted by molar-refractivity contribution is 0.0950. The number of fused-ring (bicyclic) bond motifs is 1. The molecule has 0 saturated heterocycles. The van der Waals surface area contributed by atoms with Crippen molar-refractivity contribution < 1.29 is 9.18 Å². The van der Waals surface area contributed by atoms with E-state index in [1.807, 2.05) is 10.7 Å². The molecule has 8 heteroatoms. The van der Waals surface area contributed by atoms with E-state index in [4.69, 9.17) is 0 Å². The van der Waals surface area contributed by atoms with Gasteiger partial charge in [-0.3, -0.25) is 14.5 Å². The first-order valence-electron chi connectivity index (χ1n) is 8.95. The molecule has 1 aliphatic rings. The van der Waals surface area contributed by atoms with Crippen molar-refractivity contribution in [1.29, 1.82) is 0 Å². The van der Waals surface area contributed by atoms with Crippen LogP contribution in [-0.2, 0) is 19.6 Å². The molecular weight excluding hydrogens is 381 g/mol. The van der Waals surface area contributed by atoms with Crippen LogP contribution in [0.5, 0.6) is 0 Å². The third kappa shape index (κ3) is 4.55. The van der Waals surface area contributed by atoms with E-state index in [-0.39, 0.29) is 24.1 Å². The number of benzene rings is 1. The predicted octanol–water partition coefficient (Wildman–Crippen LogP) is 2.93. The molecule has 0 radical (unpaired) electrons. The Labute approximate surface area is 168 Å². The summed E-state index contributed by atoms with van der Waals surface area (Å²) in [5, 5.41) is 10.8. The van der Waals surface area contributed by atoms with Crippen LogP contribution in [0.2, 0.25) is 0 Å². The van der Waals surface area contributed by atoms with Gasteiger partial charge in [0.2, 0.25) is 0 Å². The Hall–Kier alpha value is -2.77. The van der Waals surface area contributed by atoms with E-state index in [1.165, 1.54) is 18.3 Å². The smallest absolute Gasteiger partial charge is 0.253 e. The number of rotatable bonds is 4. The largest absolute Gasteiger partial charge is 0.346 e. The Morgan fingerprint density at radius 1 is 1.25 bits per heavy atom. The monoisotopic (exact) mass is 401 g/mol. The first kappa shape index (κ1) is 20.0. The van der Waals surface area contributed by atoms with Crippen molar-refractivity contribution in [2.24, 2.45) is 0 Å². The molecule has 0 atom stereocenters. The summed E-state index contributed by atoms with van der Waals surface area (Å²) in [6, 6.07) is 11.6. The van der Waals surface area contributed by atoms with Crippen molar-refractivity contribution in [2.45, 2.75) is 26.1 Å². The van der Waals surface area contributed by atoms with Gasteiger partial charge in [-0.05, 0) is 43.3 Å². The van der Waals surface area contributed by atoms with Gasteiger partial charge in [-0.1, -0.05) is 12.1 Å². The van der Waals surface area contributed by atoms with Crippen LogP contribution in [0, 0.1) is 5.82 Å². The number of carbonyl (C=O) groups excluding carboxylic acids is 1. The maximum absolute atomic E-state index is 13.3. The molecule has 3 heterocycles. The van der Waals surface area contributed by atoms with Gasteiger partial charge in [0.25, 0.3) is 5.91 Å². The van der Waals surface area contributed by atoms with Gasteiger partial charge in [-0.2, -0.15) is 5.10 Å². The summed E-state index contributed by atoms with van der Waals surface area (Å²) in [6.45, 7) is 3.05. The average molecular weight is 402 g/mol. The van der Waals surface area contributed by atoms with Crippen molar-refractivity contribution in [3.05, 3.63) is 71.4 Å². The second-order valence-corrected chi connectivity index (χ2v) is 6.51. The third-order valence-electron chi connectivity index (χ3n) is 4.52. The van der Waals surface area contributed by atoms with Crippen LogP contribution in [0.1, 0.15) is 28.2 Å². The first-order chi connectivity index (χ1) is 13.2. The van der Waals surface area contributed by atoms with Gasteiger partial charge >= 0.3 is 0 Å². The Morgan fingerprint density at radius 3 is 2.93 bits per heavy atom. The van der Waals surface area contributed by atoms with E-state index in [1.54, 1.807) is 24.3 Å². The van der Waals surface area contributed by atoms with Crippen LogP contribution in [0.3, 0.4) is 0 Å². The molecular formula is C20H21ClFN5O. The summed E-state index contributed by atoms with van der Waals surface area (Å²) in [7, 11) is 0. The summed E-state index contributed by atoms with van der Waals surface area (Å²) in [5.74, 6) is -0.528. The minimum Gasteiger partial charge on any atom is -0.346 e. The number of amides is 1. The number of aryl methyl sites for hydroxylation is 1. The zero-order chi connectivity index (χ0) is 18.6. The van der Waals surface area contributed by atoms with Crippen LogP contribution in [0.15, 0.2) is 48.7 Å². The number of aromatic nitrogens is 3.